The second-order valence-electron chi connectivity index (χ2n) is 6.98. The van der Waals surface area contributed by atoms with Crippen LogP contribution in [0.5, 0.6) is 0 Å². The fraction of sp³-hybridized carbons (Fsp3) is 0.333. The molecule has 1 N–H and O–H groups in total. The van der Waals surface area contributed by atoms with Crippen LogP contribution in [0, 0.1) is 0 Å². The molecule has 0 saturated heterocycles. The second-order valence-corrected chi connectivity index (χ2v) is 6.98. The molecule has 0 radical (unpaired) electrons. The van der Waals surface area contributed by atoms with Crippen LogP contribution >= 0.6 is 0 Å². The Labute approximate surface area is 153 Å². The zero-order valence-corrected chi connectivity index (χ0v) is 14.8. The number of hydrogen-bond donors (Lipinski definition) is 1. The maximum atomic E-state index is 13.0. The smallest absolute Gasteiger partial charge is 0.408 e. The summed E-state index contributed by atoms with van der Waals surface area (Å²) >= 11 is 0. The van der Waals surface area contributed by atoms with E-state index in [2.05, 4.69) is 30.4 Å². The van der Waals surface area contributed by atoms with Gasteiger partial charge in [-0.15, -0.1) is 0 Å². The van der Waals surface area contributed by atoms with Gasteiger partial charge in [0.25, 0.3) is 0 Å². The Morgan fingerprint density at radius 1 is 1.15 bits per heavy atom. The first-order valence-electron chi connectivity index (χ1n) is 9.04. The molecule has 26 heavy (non-hydrogen) atoms. The van der Waals surface area contributed by atoms with Crippen molar-refractivity contribution < 1.29 is 14.3 Å². The summed E-state index contributed by atoms with van der Waals surface area (Å²) in [6.45, 7) is 2.25. The lowest BCUT2D eigenvalue weighted by molar-refractivity contribution is -0.120. The highest BCUT2D eigenvalue weighted by molar-refractivity contribution is 6.02. The fourth-order valence-corrected chi connectivity index (χ4v) is 3.91. The Balaban J connectivity index is 1.45. The third-order valence-corrected chi connectivity index (χ3v) is 5.14. The number of nitrogens with one attached hydrogen (secondary N) is 1. The lowest BCUT2D eigenvalue weighted by Gasteiger charge is -2.26. The number of carbonyl (C=O) groups is 2. The Morgan fingerprint density at radius 3 is 2.73 bits per heavy atom. The van der Waals surface area contributed by atoms with E-state index in [-0.39, 0.29) is 18.6 Å². The van der Waals surface area contributed by atoms with Gasteiger partial charge in [0.2, 0.25) is 5.91 Å². The highest BCUT2D eigenvalue weighted by Gasteiger charge is 2.39. The van der Waals surface area contributed by atoms with Gasteiger partial charge in [0.05, 0.1) is 5.69 Å². The minimum absolute atomic E-state index is 0.0436. The van der Waals surface area contributed by atoms with Crippen LogP contribution in [0.4, 0.5) is 10.5 Å². The molecule has 2 heterocycles. The minimum atomic E-state index is -0.556. The summed E-state index contributed by atoms with van der Waals surface area (Å²) in [6, 6.07) is 15.3. The maximum Gasteiger partial charge on any atom is 0.408 e. The number of aryl methyl sites for hydroxylation is 1. The number of para-hydroxylation sites is 1. The molecule has 0 spiro atoms. The normalized spacial score (nSPS) is 21.1. The van der Waals surface area contributed by atoms with E-state index in [0.717, 1.165) is 24.1 Å². The van der Waals surface area contributed by atoms with Crippen molar-refractivity contribution >= 4 is 17.7 Å². The number of amides is 2. The third-order valence-electron chi connectivity index (χ3n) is 5.14. The summed E-state index contributed by atoms with van der Waals surface area (Å²) in [6.07, 6.45) is 1.66. The highest BCUT2D eigenvalue weighted by Crippen LogP contribution is 2.38. The number of ether oxygens (including phenoxy) is 1. The van der Waals surface area contributed by atoms with E-state index in [1.807, 2.05) is 35.2 Å². The lowest BCUT2D eigenvalue weighted by Crippen LogP contribution is -2.49. The van der Waals surface area contributed by atoms with Gasteiger partial charge in [-0.3, -0.25) is 4.79 Å². The number of nitrogens with zero attached hydrogens (tertiary/aromatic N) is 1. The molecule has 5 heteroatoms. The largest absolute Gasteiger partial charge is 0.445 e. The molecule has 0 unspecified atom stereocenters. The van der Waals surface area contributed by atoms with E-state index in [9.17, 15) is 9.59 Å². The van der Waals surface area contributed by atoms with Gasteiger partial charge in [0, 0.05) is 6.04 Å². The number of anilines is 1. The Bertz CT molecular complexity index is 834. The van der Waals surface area contributed by atoms with E-state index in [4.69, 9.17) is 4.74 Å². The van der Waals surface area contributed by atoms with Gasteiger partial charge in [-0.25, -0.2) is 4.79 Å². The molecule has 0 fully saturated rings. The van der Waals surface area contributed by atoms with Crippen molar-refractivity contribution in [2.24, 2.45) is 0 Å². The SMILES string of the molecule is C[C@@H]1Cc2cccc3c2N1C(=O)[C@@H](NC(=O)OCc1ccccc1)CC3. The predicted octanol–water partition coefficient (Wildman–Crippen LogP) is 3.21. The molecule has 2 amide bonds. The molecule has 2 aromatic rings. The molecular formula is C21H22N2O3. The Hall–Kier alpha value is -2.82. The fourth-order valence-electron chi connectivity index (χ4n) is 3.91. The molecule has 134 valence electrons. The Morgan fingerprint density at radius 2 is 1.92 bits per heavy atom. The summed E-state index contributed by atoms with van der Waals surface area (Å²) in [4.78, 5) is 27.1. The van der Waals surface area contributed by atoms with Crippen molar-refractivity contribution in [3.63, 3.8) is 0 Å². The van der Waals surface area contributed by atoms with Gasteiger partial charge >= 0.3 is 6.09 Å². The first-order valence-corrected chi connectivity index (χ1v) is 9.04. The number of rotatable bonds is 3. The average Bonchev–Trinajstić information content (AvgIpc) is 2.92. The molecule has 0 bridgehead atoms. The topological polar surface area (TPSA) is 58.6 Å². The summed E-state index contributed by atoms with van der Waals surface area (Å²) < 4.78 is 5.29. The van der Waals surface area contributed by atoms with Crippen molar-refractivity contribution in [3.8, 4) is 0 Å². The van der Waals surface area contributed by atoms with Crippen molar-refractivity contribution in [1.29, 1.82) is 0 Å². The second kappa shape index (κ2) is 6.83. The number of benzene rings is 2. The van der Waals surface area contributed by atoms with Crippen LogP contribution in [0.2, 0.25) is 0 Å². The average molecular weight is 350 g/mol. The summed E-state index contributed by atoms with van der Waals surface area (Å²) in [7, 11) is 0. The molecule has 2 atom stereocenters. The summed E-state index contributed by atoms with van der Waals surface area (Å²) in [5.74, 6) is -0.0436. The predicted molar refractivity (Wildman–Crippen MR) is 99.0 cm³/mol. The van der Waals surface area contributed by atoms with Crippen molar-refractivity contribution in [1.82, 2.24) is 5.32 Å². The van der Waals surface area contributed by atoms with Gasteiger partial charge in [-0.2, -0.15) is 0 Å². The van der Waals surface area contributed by atoms with Gasteiger partial charge in [-0.05, 0) is 42.9 Å². The first kappa shape index (κ1) is 16.6. The first-order chi connectivity index (χ1) is 12.6. The molecule has 2 aromatic carbocycles. The van der Waals surface area contributed by atoms with Crippen LogP contribution in [0.3, 0.4) is 0 Å². The van der Waals surface area contributed by atoms with Crippen LogP contribution in [0.25, 0.3) is 0 Å². The lowest BCUT2D eigenvalue weighted by atomic mass is 10.0. The third kappa shape index (κ3) is 3.05. The zero-order valence-electron chi connectivity index (χ0n) is 14.8. The maximum absolute atomic E-state index is 13.0. The van der Waals surface area contributed by atoms with E-state index >= 15 is 0 Å². The van der Waals surface area contributed by atoms with Crippen LogP contribution < -0.4 is 10.2 Å². The van der Waals surface area contributed by atoms with Crippen molar-refractivity contribution in [2.75, 3.05) is 4.90 Å². The number of carbonyl (C=O) groups excluding carboxylic acids is 2. The van der Waals surface area contributed by atoms with Gasteiger partial charge < -0.3 is 15.0 Å². The van der Waals surface area contributed by atoms with Crippen LogP contribution in [0.1, 0.15) is 30.0 Å². The zero-order chi connectivity index (χ0) is 18.1. The molecule has 0 aliphatic carbocycles. The van der Waals surface area contributed by atoms with Gasteiger partial charge in [0.1, 0.15) is 12.6 Å². The highest BCUT2D eigenvalue weighted by atomic mass is 16.5. The van der Waals surface area contributed by atoms with Crippen LogP contribution in [-0.4, -0.2) is 24.1 Å². The summed E-state index contributed by atoms with van der Waals surface area (Å²) in [5.41, 5.74) is 4.37. The molecule has 4 rings (SSSR count). The van der Waals surface area contributed by atoms with Gasteiger partial charge in [0.15, 0.2) is 0 Å². The van der Waals surface area contributed by atoms with E-state index in [1.54, 1.807) is 0 Å². The van der Waals surface area contributed by atoms with E-state index < -0.39 is 12.1 Å². The van der Waals surface area contributed by atoms with E-state index in [1.165, 1.54) is 11.1 Å². The van der Waals surface area contributed by atoms with E-state index in [0.29, 0.717) is 6.42 Å². The summed E-state index contributed by atoms with van der Waals surface area (Å²) in [5, 5.41) is 2.77. The molecule has 0 saturated carbocycles. The van der Waals surface area contributed by atoms with Crippen LogP contribution in [-0.2, 0) is 29.0 Å². The van der Waals surface area contributed by atoms with Crippen molar-refractivity contribution in [2.45, 2.75) is 44.9 Å². The number of alkyl carbamates (subject to hydrolysis) is 1. The number of hydrogen-bond acceptors (Lipinski definition) is 3. The minimum Gasteiger partial charge on any atom is -0.445 e. The molecule has 5 nitrogen and oxygen atoms in total. The monoisotopic (exact) mass is 350 g/mol. The standard InChI is InChI=1S/C21H22N2O3/c1-14-12-17-9-5-8-16-10-11-18(20(24)23(14)19(16)17)22-21(25)26-13-15-6-3-2-4-7-15/h2-9,14,18H,10-13H2,1H3,(H,22,25)/t14-,18+/m1/s1. The van der Waals surface area contributed by atoms with Crippen LogP contribution in [0.15, 0.2) is 48.5 Å². The van der Waals surface area contributed by atoms with Crippen molar-refractivity contribution in [3.05, 3.63) is 65.2 Å². The molecule has 2 aliphatic rings. The Kier molecular flexibility index (Phi) is 4.37. The molecular weight excluding hydrogens is 328 g/mol. The van der Waals surface area contributed by atoms with Gasteiger partial charge in [-0.1, -0.05) is 48.5 Å². The molecule has 0 aromatic heterocycles. The quantitative estimate of drug-likeness (QED) is 0.925. The molecule has 2 aliphatic heterocycles.